The number of carbonyl (C=O) groups is 2. The van der Waals surface area contributed by atoms with Crippen molar-refractivity contribution in [2.24, 2.45) is 0 Å². The lowest BCUT2D eigenvalue weighted by atomic mass is 9.97. The van der Waals surface area contributed by atoms with Crippen molar-refractivity contribution in [1.82, 2.24) is 15.2 Å². The fourth-order valence-corrected chi connectivity index (χ4v) is 4.94. The number of nitrogens with one attached hydrogen (secondary N) is 1. The molecule has 2 fully saturated rings. The zero-order valence-corrected chi connectivity index (χ0v) is 20.2. The number of benzene rings is 1. The second-order valence-corrected chi connectivity index (χ2v) is 9.42. The molecule has 34 heavy (non-hydrogen) atoms. The molecule has 2 atom stereocenters. The topological polar surface area (TPSA) is 80.8 Å². The number of hydrogen-bond donors (Lipinski definition) is 1. The van der Waals surface area contributed by atoms with Crippen LogP contribution in [0.1, 0.15) is 74.7 Å². The van der Waals surface area contributed by atoms with Gasteiger partial charge in [-0.25, -0.2) is 4.98 Å². The monoisotopic (exact) mass is 465 g/mol. The quantitative estimate of drug-likeness (QED) is 0.621. The summed E-state index contributed by atoms with van der Waals surface area (Å²) in [5.41, 5.74) is 1.39. The van der Waals surface area contributed by atoms with Crippen molar-refractivity contribution < 1.29 is 19.1 Å². The maximum Gasteiger partial charge on any atom is 0.260 e. The van der Waals surface area contributed by atoms with Crippen LogP contribution in [0.25, 0.3) is 0 Å². The lowest BCUT2D eigenvalue weighted by Crippen LogP contribution is -2.49. The largest absolute Gasteiger partial charge is 0.484 e. The average Bonchev–Trinajstić information content (AvgIpc) is 3.35. The van der Waals surface area contributed by atoms with Gasteiger partial charge in [-0.2, -0.15) is 0 Å². The molecule has 1 saturated heterocycles. The van der Waals surface area contributed by atoms with Crippen LogP contribution in [0, 0.1) is 0 Å². The van der Waals surface area contributed by atoms with Crippen molar-refractivity contribution in [3.8, 4) is 11.6 Å². The van der Waals surface area contributed by atoms with Gasteiger partial charge in [0.25, 0.3) is 11.8 Å². The van der Waals surface area contributed by atoms with Gasteiger partial charge in [0, 0.05) is 36.0 Å². The van der Waals surface area contributed by atoms with Crippen LogP contribution in [0.15, 0.2) is 42.6 Å². The Morgan fingerprint density at radius 1 is 1.00 bits per heavy atom. The maximum atomic E-state index is 12.7. The highest BCUT2D eigenvalue weighted by molar-refractivity contribution is 5.94. The SMILES string of the molecule is CC1CCCC(C)N1C(=O)COc1ccc(C(=O)NCc2cccnc2OC2CCCC2)cc1. The van der Waals surface area contributed by atoms with Gasteiger partial charge in [-0.05, 0) is 89.1 Å². The summed E-state index contributed by atoms with van der Waals surface area (Å²) < 4.78 is 11.8. The summed E-state index contributed by atoms with van der Waals surface area (Å²) in [6, 6.07) is 11.1. The van der Waals surface area contributed by atoms with Gasteiger partial charge in [0.15, 0.2) is 6.61 Å². The van der Waals surface area contributed by atoms with Gasteiger partial charge in [0.2, 0.25) is 5.88 Å². The van der Waals surface area contributed by atoms with Crippen molar-refractivity contribution in [2.75, 3.05) is 6.61 Å². The van der Waals surface area contributed by atoms with Gasteiger partial charge >= 0.3 is 0 Å². The number of likely N-dealkylation sites (tertiary alicyclic amines) is 1. The molecule has 1 aliphatic carbocycles. The number of aromatic nitrogens is 1. The number of ether oxygens (including phenoxy) is 2. The number of hydrogen-bond acceptors (Lipinski definition) is 5. The van der Waals surface area contributed by atoms with E-state index in [0.717, 1.165) is 37.7 Å². The molecule has 2 aliphatic rings. The molecule has 1 aromatic carbocycles. The normalized spacial score (nSPS) is 20.7. The molecule has 0 radical (unpaired) electrons. The van der Waals surface area contributed by atoms with Gasteiger partial charge < -0.3 is 19.7 Å². The van der Waals surface area contributed by atoms with Crippen molar-refractivity contribution in [2.45, 2.75) is 83.5 Å². The van der Waals surface area contributed by atoms with E-state index in [1.165, 1.54) is 12.8 Å². The summed E-state index contributed by atoms with van der Waals surface area (Å²) in [6.45, 7) is 4.53. The summed E-state index contributed by atoms with van der Waals surface area (Å²) in [5, 5.41) is 2.94. The second-order valence-electron chi connectivity index (χ2n) is 9.42. The molecular formula is C27H35N3O4. The first kappa shape index (κ1) is 24.0. The predicted molar refractivity (Wildman–Crippen MR) is 130 cm³/mol. The van der Waals surface area contributed by atoms with E-state index in [9.17, 15) is 9.59 Å². The lowest BCUT2D eigenvalue weighted by Gasteiger charge is -2.38. The van der Waals surface area contributed by atoms with E-state index >= 15 is 0 Å². The first-order valence-corrected chi connectivity index (χ1v) is 12.4. The van der Waals surface area contributed by atoms with Crippen molar-refractivity contribution in [3.05, 3.63) is 53.7 Å². The van der Waals surface area contributed by atoms with Crippen LogP contribution >= 0.6 is 0 Å². The Balaban J connectivity index is 1.28. The zero-order chi connectivity index (χ0) is 23.9. The number of piperidine rings is 1. The van der Waals surface area contributed by atoms with Gasteiger partial charge in [-0.1, -0.05) is 6.07 Å². The molecule has 1 N–H and O–H groups in total. The third-order valence-electron chi connectivity index (χ3n) is 6.83. The molecule has 1 aliphatic heterocycles. The minimum Gasteiger partial charge on any atom is -0.484 e. The maximum absolute atomic E-state index is 12.7. The van der Waals surface area contributed by atoms with Gasteiger partial charge in [-0.15, -0.1) is 0 Å². The Kier molecular flexibility index (Phi) is 8.03. The number of rotatable bonds is 8. The Bertz CT molecular complexity index is 962. The molecular weight excluding hydrogens is 430 g/mol. The molecule has 0 spiro atoms. The predicted octanol–water partition coefficient (Wildman–Crippen LogP) is 4.50. The highest BCUT2D eigenvalue weighted by Crippen LogP contribution is 2.25. The summed E-state index contributed by atoms with van der Waals surface area (Å²) >= 11 is 0. The van der Waals surface area contributed by atoms with E-state index in [1.54, 1.807) is 30.5 Å². The standard InChI is InChI=1S/C27H35N3O4/c1-19-7-5-8-20(2)30(19)25(31)18-33-23-14-12-21(13-15-23)26(32)29-17-22-9-6-16-28-27(22)34-24-10-3-4-11-24/h6,9,12-16,19-20,24H,3-5,7-8,10-11,17-18H2,1-2H3,(H,29,32). The van der Waals surface area contributed by atoms with Crippen LogP contribution in [0.3, 0.4) is 0 Å². The van der Waals surface area contributed by atoms with Gasteiger partial charge in [-0.3, -0.25) is 9.59 Å². The summed E-state index contributed by atoms with van der Waals surface area (Å²) in [4.78, 5) is 31.6. The third kappa shape index (κ3) is 6.07. The number of pyridine rings is 1. The molecule has 2 heterocycles. The molecule has 2 amide bonds. The number of amides is 2. The molecule has 7 nitrogen and oxygen atoms in total. The highest BCUT2D eigenvalue weighted by Gasteiger charge is 2.29. The summed E-state index contributed by atoms with van der Waals surface area (Å²) in [7, 11) is 0. The smallest absolute Gasteiger partial charge is 0.260 e. The Morgan fingerprint density at radius 2 is 1.71 bits per heavy atom. The Morgan fingerprint density at radius 3 is 2.41 bits per heavy atom. The molecule has 2 unspecified atom stereocenters. The van der Waals surface area contributed by atoms with E-state index in [-0.39, 0.29) is 36.6 Å². The van der Waals surface area contributed by atoms with Crippen molar-refractivity contribution >= 4 is 11.8 Å². The van der Waals surface area contributed by atoms with Crippen LogP contribution in [0.2, 0.25) is 0 Å². The van der Waals surface area contributed by atoms with Crippen LogP contribution < -0.4 is 14.8 Å². The Hall–Kier alpha value is -3.09. The zero-order valence-electron chi connectivity index (χ0n) is 20.2. The first-order chi connectivity index (χ1) is 16.5. The van der Waals surface area contributed by atoms with Crippen LogP contribution in [-0.4, -0.2) is 46.5 Å². The molecule has 1 saturated carbocycles. The van der Waals surface area contributed by atoms with Crippen LogP contribution in [0.4, 0.5) is 0 Å². The van der Waals surface area contributed by atoms with E-state index in [0.29, 0.717) is 23.7 Å². The molecule has 0 bridgehead atoms. The number of carbonyl (C=O) groups excluding carboxylic acids is 2. The minimum atomic E-state index is -0.186. The lowest BCUT2D eigenvalue weighted by molar-refractivity contribution is -0.139. The van der Waals surface area contributed by atoms with E-state index in [4.69, 9.17) is 9.47 Å². The van der Waals surface area contributed by atoms with Crippen molar-refractivity contribution in [1.29, 1.82) is 0 Å². The van der Waals surface area contributed by atoms with E-state index in [2.05, 4.69) is 24.1 Å². The highest BCUT2D eigenvalue weighted by atomic mass is 16.5. The minimum absolute atomic E-state index is 0.00496. The first-order valence-electron chi connectivity index (χ1n) is 12.4. The average molecular weight is 466 g/mol. The molecule has 182 valence electrons. The number of nitrogens with zero attached hydrogens (tertiary/aromatic N) is 2. The Labute approximate surface area is 201 Å². The fourth-order valence-electron chi connectivity index (χ4n) is 4.94. The van der Waals surface area contributed by atoms with Crippen LogP contribution in [-0.2, 0) is 11.3 Å². The summed E-state index contributed by atoms with van der Waals surface area (Å²) in [6.07, 6.45) is 9.64. The van der Waals surface area contributed by atoms with Crippen LogP contribution in [0.5, 0.6) is 11.6 Å². The van der Waals surface area contributed by atoms with E-state index < -0.39 is 0 Å². The molecule has 1 aromatic heterocycles. The summed E-state index contributed by atoms with van der Waals surface area (Å²) in [5.74, 6) is 0.991. The molecule has 4 rings (SSSR count). The second kappa shape index (κ2) is 11.4. The molecule has 2 aromatic rings. The third-order valence-corrected chi connectivity index (χ3v) is 6.83. The molecule has 7 heteroatoms. The fraction of sp³-hybridized carbons (Fsp3) is 0.519. The van der Waals surface area contributed by atoms with E-state index in [1.807, 2.05) is 17.0 Å². The van der Waals surface area contributed by atoms with Gasteiger partial charge in [0.05, 0.1) is 0 Å². The van der Waals surface area contributed by atoms with Gasteiger partial charge in [0.1, 0.15) is 11.9 Å². The van der Waals surface area contributed by atoms with Crippen molar-refractivity contribution in [3.63, 3.8) is 0 Å².